The van der Waals surface area contributed by atoms with Gasteiger partial charge < -0.3 is 10.1 Å². The molecular weight excluding hydrogens is 267 g/mol. The Kier molecular flexibility index (Phi) is 4.91. The SMILES string of the molecule is CNCc1ccnc(Oc2cc(C)ccc2C(C)C)c1F. The molecule has 2 aromatic rings. The average molecular weight is 288 g/mol. The van der Waals surface area contributed by atoms with Crippen molar-refractivity contribution in [2.24, 2.45) is 0 Å². The van der Waals surface area contributed by atoms with Gasteiger partial charge >= 0.3 is 0 Å². The van der Waals surface area contributed by atoms with Gasteiger partial charge in [-0.3, -0.25) is 0 Å². The molecule has 0 unspecified atom stereocenters. The van der Waals surface area contributed by atoms with Crippen LogP contribution in [0.1, 0.15) is 36.5 Å². The molecule has 0 saturated heterocycles. The van der Waals surface area contributed by atoms with E-state index in [1.165, 1.54) is 0 Å². The van der Waals surface area contributed by atoms with E-state index >= 15 is 0 Å². The van der Waals surface area contributed by atoms with Crippen molar-refractivity contribution in [1.82, 2.24) is 10.3 Å². The van der Waals surface area contributed by atoms with Gasteiger partial charge in [0, 0.05) is 18.3 Å². The third kappa shape index (κ3) is 3.58. The average Bonchev–Trinajstić information content (AvgIpc) is 2.43. The molecule has 0 atom stereocenters. The number of halogens is 1. The third-order valence-electron chi connectivity index (χ3n) is 3.30. The highest BCUT2D eigenvalue weighted by molar-refractivity contribution is 5.41. The van der Waals surface area contributed by atoms with Gasteiger partial charge in [0.15, 0.2) is 5.82 Å². The van der Waals surface area contributed by atoms with Crippen molar-refractivity contribution < 1.29 is 9.13 Å². The van der Waals surface area contributed by atoms with Gasteiger partial charge in [-0.2, -0.15) is 0 Å². The Balaban J connectivity index is 2.38. The lowest BCUT2D eigenvalue weighted by atomic mass is 10.0. The van der Waals surface area contributed by atoms with E-state index < -0.39 is 5.82 Å². The minimum absolute atomic E-state index is 0.0234. The van der Waals surface area contributed by atoms with Gasteiger partial charge in [-0.25, -0.2) is 9.37 Å². The highest BCUT2D eigenvalue weighted by atomic mass is 19.1. The molecule has 0 amide bonds. The number of aryl methyl sites for hydroxylation is 1. The lowest BCUT2D eigenvalue weighted by Crippen LogP contribution is -2.08. The molecule has 0 bridgehead atoms. The Morgan fingerprint density at radius 3 is 2.71 bits per heavy atom. The summed E-state index contributed by atoms with van der Waals surface area (Å²) in [5.74, 6) is 0.570. The van der Waals surface area contributed by atoms with Crippen molar-refractivity contribution in [3.05, 3.63) is 53.0 Å². The smallest absolute Gasteiger partial charge is 0.256 e. The van der Waals surface area contributed by atoms with E-state index in [4.69, 9.17) is 4.74 Å². The van der Waals surface area contributed by atoms with Crippen LogP contribution in [0.3, 0.4) is 0 Å². The Morgan fingerprint density at radius 1 is 1.29 bits per heavy atom. The van der Waals surface area contributed by atoms with E-state index in [0.717, 1.165) is 11.1 Å². The number of hydrogen-bond donors (Lipinski definition) is 1. The van der Waals surface area contributed by atoms with Crippen molar-refractivity contribution in [2.45, 2.75) is 33.2 Å². The molecule has 4 heteroatoms. The van der Waals surface area contributed by atoms with Crippen LogP contribution in [0.15, 0.2) is 30.5 Å². The first-order valence-electron chi connectivity index (χ1n) is 7.09. The molecule has 0 aliphatic carbocycles. The third-order valence-corrected chi connectivity index (χ3v) is 3.30. The molecule has 0 spiro atoms. The summed E-state index contributed by atoms with van der Waals surface area (Å²) in [7, 11) is 1.78. The number of aromatic nitrogens is 1. The lowest BCUT2D eigenvalue weighted by Gasteiger charge is -2.15. The largest absolute Gasteiger partial charge is 0.436 e. The first kappa shape index (κ1) is 15.4. The fourth-order valence-electron chi connectivity index (χ4n) is 2.17. The maximum atomic E-state index is 14.4. The first-order chi connectivity index (χ1) is 10.0. The van der Waals surface area contributed by atoms with Crippen LogP contribution < -0.4 is 10.1 Å². The molecule has 0 fully saturated rings. The van der Waals surface area contributed by atoms with E-state index in [1.54, 1.807) is 19.3 Å². The van der Waals surface area contributed by atoms with E-state index in [-0.39, 0.29) is 5.88 Å². The Morgan fingerprint density at radius 2 is 2.05 bits per heavy atom. The standard InChI is InChI=1S/C17H21FN2O/c1-11(2)14-6-5-12(3)9-15(14)21-17-16(18)13(10-19-4)7-8-20-17/h5-9,11,19H,10H2,1-4H3. The summed E-state index contributed by atoms with van der Waals surface area (Å²) in [5.41, 5.74) is 2.66. The summed E-state index contributed by atoms with van der Waals surface area (Å²) in [6, 6.07) is 7.62. The summed E-state index contributed by atoms with van der Waals surface area (Å²) in [6.45, 7) is 6.59. The van der Waals surface area contributed by atoms with Crippen LogP contribution >= 0.6 is 0 Å². The molecule has 1 aromatic heterocycles. The van der Waals surface area contributed by atoms with Crippen LogP contribution in [0.4, 0.5) is 4.39 Å². The number of hydrogen-bond acceptors (Lipinski definition) is 3. The van der Waals surface area contributed by atoms with Crippen LogP contribution in [-0.4, -0.2) is 12.0 Å². The van der Waals surface area contributed by atoms with Gasteiger partial charge in [-0.05, 0) is 43.1 Å². The molecule has 0 aliphatic heterocycles. The number of rotatable bonds is 5. The normalized spacial score (nSPS) is 11.0. The maximum absolute atomic E-state index is 14.4. The number of pyridine rings is 1. The zero-order valence-electron chi connectivity index (χ0n) is 12.9. The second-order valence-corrected chi connectivity index (χ2v) is 5.42. The topological polar surface area (TPSA) is 34.2 Å². The summed E-state index contributed by atoms with van der Waals surface area (Å²) in [6.07, 6.45) is 1.57. The first-order valence-corrected chi connectivity index (χ1v) is 7.09. The molecule has 2 rings (SSSR count). The van der Waals surface area contributed by atoms with Crippen LogP contribution in [0.2, 0.25) is 0 Å². The molecule has 1 aromatic carbocycles. The van der Waals surface area contributed by atoms with Crippen molar-refractivity contribution in [3.8, 4) is 11.6 Å². The van der Waals surface area contributed by atoms with Crippen LogP contribution in [0, 0.1) is 12.7 Å². The minimum atomic E-state index is -0.414. The van der Waals surface area contributed by atoms with E-state index in [1.807, 2.05) is 25.1 Å². The quantitative estimate of drug-likeness (QED) is 0.897. The second-order valence-electron chi connectivity index (χ2n) is 5.42. The molecule has 112 valence electrons. The van der Waals surface area contributed by atoms with Gasteiger partial charge in [0.2, 0.25) is 0 Å². The van der Waals surface area contributed by atoms with Gasteiger partial charge in [-0.15, -0.1) is 0 Å². The Bertz CT molecular complexity index is 626. The second kappa shape index (κ2) is 6.68. The molecular formula is C17H21FN2O. The highest BCUT2D eigenvalue weighted by Gasteiger charge is 2.14. The molecule has 1 heterocycles. The van der Waals surface area contributed by atoms with E-state index in [9.17, 15) is 4.39 Å². The summed E-state index contributed by atoms with van der Waals surface area (Å²) >= 11 is 0. The number of benzene rings is 1. The molecule has 21 heavy (non-hydrogen) atoms. The van der Waals surface area contributed by atoms with Crippen LogP contribution in [0.25, 0.3) is 0 Å². The summed E-state index contributed by atoms with van der Waals surface area (Å²) in [4.78, 5) is 4.02. The minimum Gasteiger partial charge on any atom is -0.436 e. The number of ether oxygens (including phenoxy) is 1. The predicted molar refractivity (Wildman–Crippen MR) is 82.3 cm³/mol. The lowest BCUT2D eigenvalue weighted by molar-refractivity contribution is 0.412. The maximum Gasteiger partial charge on any atom is 0.256 e. The van der Waals surface area contributed by atoms with Gasteiger partial charge in [-0.1, -0.05) is 26.0 Å². The molecule has 1 N–H and O–H groups in total. The van der Waals surface area contributed by atoms with Gasteiger partial charge in [0.1, 0.15) is 5.75 Å². The fraction of sp³-hybridized carbons (Fsp3) is 0.353. The monoisotopic (exact) mass is 288 g/mol. The number of nitrogens with one attached hydrogen (secondary N) is 1. The van der Waals surface area contributed by atoms with Crippen molar-refractivity contribution >= 4 is 0 Å². The van der Waals surface area contributed by atoms with Crippen LogP contribution in [0.5, 0.6) is 11.6 Å². The van der Waals surface area contributed by atoms with Crippen molar-refractivity contribution in [1.29, 1.82) is 0 Å². The van der Waals surface area contributed by atoms with Crippen LogP contribution in [-0.2, 0) is 6.54 Å². The zero-order valence-corrected chi connectivity index (χ0v) is 12.9. The molecule has 0 radical (unpaired) electrons. The Labute approximate surface area is 125 Å². The summed E-state index contributed by atoms with van der Waals surface area (Å²) < 4.78 is 20.1. The van der Waals surface area contributed by atoms with Gasteiger partial charge in [0.05, 0.1) is 0 Å². The van der Waals surface area contributed by atoms with Crippen molar-refractivity contribution in [2.75, 3.05) is 7.05 Å². The Hall–Kier alpha value is -1.94. The number of nitrogens with zero attached hydrogens (tertiary/aromatic N) is 1. The van der Waals surface area contributed by atoms with Gasteiger partial charge in [0.25, 0.3) is 5.88 Å². The molecule has 3 nitrogen and oxygen atoms in total. The van der Waals surface area contributed by atoms with E-state index in [0.29, 0.717) is 23.8 Å². The van der Waals surface area contributed by atoms with E-state index in [2.05, 4.69) is 24.1 Å². The molecule has 0 aliphatic rings. The molecule has 0 saturated carbocycles. The highest BCUT2D eigenvalue weighted by Crippen LogP contribution is 2.32. The zero-order chi connectivity index (χ0) is 15.4. The summed E-state index contributed by atoms with van der Waals surface area (Å²) in [5, 5.41) is 2.93. The predicted octanol–water partition coefficient (Wildman–Crippen LogP) is 4.16. The fourth-order valence-corrected chi connectivity index (χ4v) is 2.17. The van der Waals surface area contributed by atoms with Crippen molar-refractivity contribution in [3.63, 3.8) is 0 Å².